The van der Waals surface area contributed by atoms with Crippen molar-refractivity contribution in [2.45, 2.75) is 90.6 Å². The molecule has 1 saturated carbocycles. The first-order valence-electron chi connectivity index (χ1n) is 12.3. The predicted molar refractivity (Wildman–Crippen MR) is 115 cm³/mol. The maximum absolute atomic E-state index is 13.1. The van der Waals surface area contributed by atoms with Gasteiger partial charge in [-0.15, -0.1) is 0 Å². The van der Waals surface area contributed by atoms with Gasteiger partial charge in [0.1, 0.15) is 0 Å². The number of likely N-dealkylation sites (tertiary alicyclic amines) is 3. The van der Waals surface area contributed by atoms with Gasteiger partial charge in [0, 0.05) is 44.2 Å². The maximum atomic E-state index is 13.1. The van der Waals surface area contributed by atoms with E-state index in [1.165, 1.54) is 71.1 Å². The van der Waals surface area contributed by atoms with Crippen LogP contribution in [0.3, 0.4) is 0 Å². The fourth-order valence-electron chi connectivity index (χ4n) is 6.37. The number of carbonyl (C=O) groups is 1. The van der Waals surface area contributed by atoms with Crippen LogP contribution in [-0.4, -0.2) is 72.0 Å². The van der Waals surface area contributed by atoms with Crippen LogP contribution < -0.4 is 0 Å². The van der Waals surface area contributed by atoms with Crippen LogP contribution in [0.25, 0.3) is 0 Å². The average molecular weight is 390 g/mol. The number of hydrogen-bond acceptors (Lipinski definition) is 3. The third-order valence-electron chi connectivity index (χ3n) is 8.73. The second-order valence-corrected chi connectivity index (χ2v) is 10.7. The molecule has 3 aliphatic heterocycles. The van der Waals surface area contributed by atoms with Gasteiger partial charge in [0.25, 0.3) is 0 Å². The van der Waals surface area contributed by atoms with E-state index in [0.29, 0.717) is 23.3 Å². The molecular weight excluding hydrogens is 346 g/mol. The molecule has 0 atom stereocenters. The van der Waals surface area contributed by atoms with Crippen molar-refractivity contribution >= 4 is 5.91 Å². The average Bonchev–Trinajstić information content (AvgIpc) is 2.71. The van der Waals surface area contributed by atoms with Gasteiger partial charge in [-0.3, -0.25) is 9.69 Å². The molecule has 0 N–H and O–H groups in total. The van der Waals surface area contributed by atoms with Gasteiger partial charge in [0.15, 0.2) is 0 Å². The lowest BCUT2D eigenvalue weighted by Crippen LogP contribution is -2.62. The van der Waals surface area contributed by atoms with E-state index in [2.05, 4.69) is 35.5 Å². The Bertz CT molecular complexity index is 516. The second kappa shape index (κ2) is 8.63. The highest BCUT2D eigenvalue weighted by atomic mass is 16.2. The van der Waals surface area contributed by atoms with Crippen LogP contribution in [0.2, 0.25) is 0 Å². The van der Waals surface area contributed by atoms with Gasteiger partial charge in [-0.05, 0) is 89.6 Å². The smallest absolute Gasteiger partial charge is 0.225 e. The molecule has 0 aromatic rings. The van der Waals surface area contributed by atoms with E-state index in [1.54, 1.807) is 0 Å². The van der Waals surface area contributed by atoms with E-state index in [9.17, 15) is 4.79 Å². The summed E-state index contributed by atoms with van der Waals surface area (Å²) in [6, 6.07) is 1.43. The molecule has 0 unspecified atom stereocenters. The summed E-state index contributed by atoms with van der Waals surface area (Å²) in [7, 11) is 0. The van der Waals surface area contributed by atoms with E-state index in [1.807, 2.05) is 0 Å². The molecule has 160 valence electrons. The topological polar surface area (TPSA) is 26.8 Å². The van der Waals surface area contributed by atoms with Gasteiger partial charge in [0.05, 0.1) is 0 Å². The molecule has 4 aliphatic rings. The zero-order valence-corrected chi connectivity index (χ0v) is 18.7. The highest BCUT2D eigenvalue weighted by Gasteiger charge is 2.46. The number of hydrogen-bond donors (Lipinski definition) is 0. The van der Waals surface area contributed by atoms with Gasteiger partial charge in [0.2, 0.25) is 5.91 Å². The molecule has 3 saturated heterocycles. The van der Waals surface area contributed by atoms with Crippen molar-refractivity contribution in [1.82, 2.24) is 14.7 Å². The van der Waals surface area contributed by atoms with Crippen LogP contribution >= 0.6 is 0 Å². The van der Waals surface area contributed by atoms with Crippen molar-refractivity contribution < 1.29 is 4.79 Å². The summed E-state index contributed by atoms with van der Waals surface area (Å²) >= 11 is 0. The van der Waals surface area contributed by atoms with E-state index >= 15 is 0 Å². The first-order chi connectivity index (χ1) is 13.5. The summed E-state index contributed by atoms with van der Waals surface area (Å²) in [5.41, 5.74) is 0.531. The Hall–Kier alpha value is -0.610. The first-order valence-corrected chi connectivity index (χ1v) is 12.3. The van der Waals surface area contributed by atoms with Crippen LogP contribution in [0.5, 0.6) is 0 Å². The largest absolute Gasteiger partial charge is 0.342 e. The highest BCUT2D eigenvalue weighted by molar-refractivity contribution is 5.79. The molecule has 4 rings (SSSR count). The summed E-state index contributed by atoms with van der Waals surface area (Å²) < 4.78 is 0. The third-order valence-corrected chi connectivity index (χ3v) is 8.73. The molecule has 4 fully saturated rings. The molecule has 0 aromatic heterocycles. The minimum atomic E-state index is 0.312. The van der Waals surface area contributed by atoms with Gasteiger partial charge < -0.3 is 9.80 Å². The molecule has 1 spiro atoms. The number of piperidine rings is 2. The molecule has 4 heteroatoms. The predicted octanol–water partition coefficient (Wildman–Crippen LogP) is 4.00. The molecule has 28 heavy (non-hydrogen) atoms. The monoisotopic (exact) mass is 389 g/mol. The Morgan fingerprint density at radius 2 is 1.54 bits per heavy atom. The van der Waals surface area contributed by atoms with E-state index in [4.69, 9.17) is 0 Å². The maximum Gasteiger partial charge on any atom is 0.225 e. The first kappa shape index (κ1) is 20.7. The van der Waals surface area contributed by atoms with Crippen molar-refractivity contribution in [3.05, 3.63) is 0 Å². The molecule has 1 amide bonds. The van der Waals surface area contributed by atoms with Crippen molar-refractivity contribution in [3.8, 4) is 0 Å². The quantitative estimate of drug-likeness (QED) is 0.727. The Morgan fingerprint density at radius 3 is 2.07 bits per heavy atom. The van der Waals surface area contributed by atoms with E-state index < -0.39 is 0 Å². The minimum absolute atomic E-state index is 0.312. The fourth-order valence-corrected chi connectivity index (χ4v) is 6.37. The molecule has 3 heterocycles. The lowest BCUT2D eigenvalue weighted by atomic mass is 9.71. The standard InChI is InChI=1S/C24H43N3O/c1-4-20-9-13-25(14-10-20)22-7-5-21(6-8-22)23(28)26-15-11-24(12-16-26)17-27(18-24)19(2)3/h19-22H,4-18H2,1-3H3. The lowest BCUT2D eigenvalue weighted by molar-refractivity contribution is -0.142. The molecule has 0 radical (unpaired) electrons. The fraction of sp³-hybridized carbons (Fsp3) is 0.958. The highest BCUT2D eigenvalue weighted by Crippen LogP contribution is 2.42. The molecule has 0 bridgehead atoms. The van der Waals surface area contributed by atoms with Gasteiger partial charge >= 0.3 is 0 Å². The van der Waals surface area contributed by atoms with Crippen LogP contribution in [0, 0.1) is 17.3 Å². The van der Waals surface area contributed by atoms with Crippen LogP contribution in [0.15, 0.2) is 0 Å². The number of carbonyl (C=O) groups excluding carboxylic acids is 1. The number of amides is 1. The second-order valence-electron chi connectivity index (χ2n) is 10.7. The van der Waals surface area contributed by atoms with Crippen molar-refractivity contribution in [3.63, 3.8) is 0 Å². The normalized spacial score (nSPS) is 32.6. The van der Waals surface area contributed by atoms with Crippen molar-refractivity contribution in [2.75, 3.05) is 39.3 Å². The zero-order valence-electron chi connectivity index (χ0n) is 18.7. The number of rotatable bonds is 4. The van der Waals surface area contributed by atoms with Gasteiger partial charge in [-0.25, -0.2) is 0 Å². The van der Waals surface area contributed by atoms with E-state index in [0.717, 1.165) is 37.9 Å². The molecular formula is C24H43N3O. The zero-order chi connectivity index (χ0) is 19.7. The Balaban J connectivity index is 1.19. The Morgan fingerprint density at radius 1 is 0.929 bits per heavy atom. The Labute approximate surface area is 173 Å². The van der Waals surface area contributed by atoms with Crippen molar-refractivity contribution in [2.24, 2.45) is 17.3 Å². The lowest BCUT2D eigenvalue weighted by Gasteiger charge is -2.56. The Kier molecular flexibility index (Phi) is 6.37. The summed E-state index contributed by atoms with van der Waals surface area (Å²) in [4.78, 5) is 20.7. The van der Waals surface area contributed by atoms with Gasteiger partial charge in [-0.1, -0.05) is 13.3 Å². The summed E-state index contributed by atoms with van der Waals surface area (Å²) in [6.45, 7) is 14.1. The summed E-state index contributed by atoms with van der Waals surface area (Å²) in [5.74, 6) is 1.75. The molecule has 1 aliphatic carbocycles. The van der Waals surface area contributed by atoms with Crippen LogP contribution in [-0.2, 0) is 4.79 Å². The van der Waals surface area contributed by atoms with Crippen LogP contribution in [0.1, 0.15) is 78.6 Å². The minimum Gasteiger partial charge on any atom is -0.342 e. The van der Waals surface area contributed by atoms with E-state index in [-0.39, 0.29) is 0 Å². The molecule has 4 nitrogen and oxygen atoms in total. The summed E-state index contributed by atoms with van der Waals surface area (Å²) in [5, 5.41) is 0. The third kappa shape index (κ3) is 4.28. The van der Waals surface area contributed by atoms with Crippen LogP contribution in [0.4, 0.5) is 0 Å². The SMILES string of the molecule is CCC1CCN(C2CCC(C(=O)N3CCC4(CC3)CN(C(C)C)C4)CC2)CC1. The van der Waals surface area contributed by atoms with Gasteiger partial charge in [-0.2, -0.15) is 0 Å². The van der Waals surface area contributed by atoms with Crippen molar-refractivity contribution in [1.29, 1.82) is 0 Å². The summed E-state index contributed by atoms with van der Waals surface area (Å²) in [6.07, 6.45) is 11.3. The number of nitrogens with zero attached hydrogens (tertiary/aromatic N) is 3. The molecule has 0 aromatic carbocycles.